The molecular formula is C15H17NO2. The first-order valence-corrected chi connectivity index (χ1v) is 5.76. The maximum Gasteiger partial charge on any atom is 0.203 e. The molecule has 0 spiro atoms. The summed E-state index contributed by atoms with van der Waals surface area (Å²) in [6.45, 7) is 6.21. The molecule has 18 heavy (non-hydrogen) atoms. The van der Waals surface area contributed by atoms with Crippen molar-refractivity contribution in [2.24, 2.45) is 0 Å². The molecule has 1 aromatic rings. The minimum absolute atomic E-state index is 0.319. The van der Waals surface area contributed by atoms with Crippen LogP contribution in [0.3, 0.4) is 0 Å². The standard InChI is InChI=1S/C15H17NO2/c1-3-12(4-2)8-9-18-14-7-5-6-13(10-14)15(17)11-16/h3-7,10-11,16H,1,8-9H2,2H3/b12-4+,16-11?. The van der Waals surface area contributed by atoms with Gasteiger partial charge in [-0.1, -0.05) is 30.9 Å². The molecule has 0 fully saturated rings. The van der Waals surface area contributed by atoms with Crippen LogP contribution in [0.2, 0.25) is 0 Å². The molecule has 0 bridgehead atoms. The second-order valence-electron chi connectivity index (χ2n) is 3.70. The fraction of sp³-hybridized carbons (Fsp3) is 0.200. The number of rotatable bonds is 7. The average Bonchev–Trinajstić information content (AvgIpc) is 2.43. The molecule has 1 aromatic carbocycles. The van der Waals surface area contributed by atoms with Gasteiger partial charge < -0.3 is 10.1 Å². The summed E-state index contributed by atoms with van der Waals surface area (Å²) in [4.78, 5) is 11.3. The zero-order valence-electron chi connectivity index (χ0n) is 10.5. The summed E-state index contributed by atoms with van der Waals surface area (Å²) in [6.07, 6.45) is 5.38. The molecule has 0 radical (unpaired) electrons. The third-order valence-corrected chi connectivity index (χ3v) is 2.54. The lowest BCUT2D eigenvalue weighted by Gasteiger charge is -2.07. The summed E-state index contributed by atoms with van der Waals surface area (Å²) in [5.41, 5.74) is 1.60. The predicted octanol–water partition coefficient (Wildman–Crippen LogP) is 3.42. The van der Waals surface area contributed by atoms with Crippen LogP contribution in [0.4, 0.5) is 0 Å². The molecule has 0 heterocycles. The fourth-order valence-corrected chi connectivity index (χ4v) is 1.47. The average molecular weight is 243 g/mol. The lowest BCUT2D eigenvalue weighted by Crippen LogP contribution is -2.02. The monoisotopic (exact) mass is 243 g/mol. The minimum atomic E-state index is -0.319. The van der Waals surface area contributed by atoms with Crippen LogP contribution in [0.25, 0.3) is 0 Å². The second kappa shape index (κ2) is 7.22. The van der Waals surface area contributed by atoms with E-state index in [1.807, 2.05) is 13.0 Å². The van der Waals surface area contributed by atoms with Crippen LogP contribution in [0.1, 0.15) is 23.7 Å². The van der Waals surface area contributed by atoms with Crippen molar-refractivity contribution >= 4 is 12.0 Å². The Morgan fingerprint density at radius 2 is 2.28 bits per heavy atom. The molecule has 0 saturated heterocycles. The van der Waals surface area contributed by atoms with E-state index in [0.717, 1.165) is 18.2 Å². The van der Waals surface area contributed by atoms with Crippen LogP contribution in [-0.4, -0.2) is 18.6 Å². The number of hydrogen-bond donors (Lipinski definition) is 1. The topological polar surface area (TPSA) is 50.2 Å². The Morgan fingerprint density at radius 3 is 2.89 bits per heavy atom. The molecule has 1 rings (SSSR count). The number of carbonyl (C=O) groups excluding carboxylic acids is 1. The SMILES string of the molecule is C=C/C(=C\C)CCOc1cccc(C(=O)C=N)c1. The first-order chi connectivity index (χ1) is 8.71. The third-order valence-electron chi connectivity index (χ3n) is 2.54. The lowest BCUT2D eigenvalue weighted by atomic mass is 10.1. The van der Waals surface area contributed by atoms with Crippen LogP contribution in [0, 0.1) is 5.41 Å². The zero-order chi connectivity index (χ0) is 13.4. The van der Waals surface area contributed by atoms with Gasteiger partial charge in [-0.2, -0.15) is 0 Å². The van der Waals surface area contributed by atoms with Crippen LogP contribution in [0.5, 0.6) is 5.75 Å². The number of ether oxygens (including phenoxy) is 1. The quantitative estimate of drug-likeness (QED) is 0.453. The van der Waals surface area contributed by atoms with Gasteiger partial charge in [-0.3, -0.25) is 4.79 Å². The van der Waals surface area contributed by atoms with Crippen molar-refractivity contribution in [3.05, 3.63) is 54.1 Å². The molecule has 0 atom stereocenters. The first kappa shape index (κ1) is 13.9. The molecule has 3 heteroatoms. The van der Waals surface area contributed by atoms with E-state index >= 15 is 0 Å². The van der Waals surface area contributed by atoms with Crippen LogP contribution in [-0.2, 0) is 0 Å². The van der Waals surface area contributed by atoms with Crippen molar-refractivity contribution < 1.29 is 9.53 Å². The Bertz CT molecular complexity index is 475. The van der Waals surface area contributed by atoms with Crippen LogP contribution in [0.15, 0.2) is 48.6 Å². The number of allylic oxidation sites excluding steroid dienone is 2. The van der Waals surface area contributed by atoms with E-state index in [1.54, 1.807) is 30.3 Å². The van der Waals surface area contributed by atoms with Gasteiger partial charge in [0.05, 0.1) is 12.8 Å². The number of benzene rings is 1. The van der Waals surface area contributed by atoms with E-state index in [9.17, 15) is 4.79 Å². The van der Waals surface area contributed by atoms with Gasteiger partial charge in [0.2, 0.25) is 5.78 Å². The van der Waals surface area contributed by atoms with Crippen molar-refractivity contribution in [3.63, 3.8) is 0 Å². The highest BCUT2D eigenvalue weighted by Crippen LogP contribution is 2.14. The molecule has 0 aliphatic carbocycles. The normalized spacial score (nSPS) is 10.8. The van der Waals surface area contributed by atoms with Gasteiger partial charge in [0.25, 0.3) is 0 Å². The van der Waals surface area contributed by atoms with Crippen molar-refractivity contribution in [2.75, 3.05) is 6.61 Å². The number of hydrogen-bond acceptors (Lipinski definition) is 3. The molecule has 0 aliphatic rings. The Balaban J connectivity index is 2.60. The Morgan fingerprint density at radius 1 is 1.50 bits per heavy atom. The lowest BCUT2D eigenvalue weighted by molar-refractivity contribution is 0.106. The van der Waals surface area contributed by atoms with Gasteiger partial charge in [-0.25, -0.2) is 0 Å². The highest BCUT2D eigenvalue weighted by atomic mass is 16.5. The largest absolute Gasteiger partial charge is 0.493 e. The number of carbonyl (C=O) groups is 1. The fourth-order valence-electron chi connectivity index (χ4n) is 1.47. The van der Waals surface area contributed by atoms with Crippen molar-refractivity contribution in [3.8, 4) is 5.75 Å². The maximum absolute atomic E-state index is 11.3. The summed E-state index contributed by atoms with van der Waals surface area (Å²) in [5.74, 6) is 0.322. The molecule has 0 unspecified atom stereocenters. The number of nitrogens with one attached hydrogen (secondary N) is 1. The van der Waals surface area contributed by atoms with Crippen molar-refractivity contribution in [2.45, 2.75) is 13.3 Å². The van der Waals surface area contributed by atoms with Crippen molar-refractivity contribution in [1.29, 1.82) is 5.41 Å². The van der Waals surface area contributed by atoms with E-state index in [1.165, 1.54) is 0 Å². The van der Waals surface area contributed by atoms with E-state index < -0.39 is 0 Å². The number of ketones is 1. The van der Waals surface area contributed by atoms with E-state index in [0.29, 0.717) is 17.9 Å². The molecule has 0 aromatic heterocycles. The number of Topliss-reactive ketones (excluding diaryl/α,β-unsaturated/α-hetero) is 1. The molecule has 3 nitrogen and oxygen atoms in total. The summed E-state index contributed by atoms with van der Waals surface area (Å²) in [7, 11) is 0. The highest BCUT2D eigenvalue weighted by molar-refractivity contribution is 6.34. The smallest absolute Gasteiger partial charge is 0.203 e. The summed E-state index contributed by atoms with van der Waals surface area (Å²) >= 11 is 0. The first-order valence-electron chi connectivity index (χ1n) is 5.76. The molecule has 1 N–H and O–H groups in total. The Hall–Kier alpha value is -2.16. The summed E-state index contributed by atoms with van der Waals surface area (Å²) < 4.78 is 5.56. The van der Waals surface area contributed by atoms with E-state index in [2.05, 4.69) is 6.58 Å². The molecule has 0 aliphatic heterocycles. The van der Waals surface area contributed by atoms with E-state index in [-0.39, 0.29) is 5.78 Å². The highest BCUT2D eigenvalue weighted by Gasteiger charge is 2.03. The van der Waals surface area contributed by atoms with Gasteiger partial charge >= 0.3 is 0 Å². The Kier molecular flexibility index (Phi) is 5.58. The summed E-state index contributed by atoms with van der Waals surface area (Å²) in [5, 5.41) is 6.93. The predicted molar refractivity (Wildman–Crippen MR) is 73.6 cm³/mol. The molecular weight excluding hydrogens is 226 g/mol. The van der Waals surface area contributed by atoms with Gasteiger partial charge in [-0.15, -0.1) is 0 Å². The van der Waals surface area contributed by atoms with Gasteiger partial charge in [-0.05, 0) is 24.6 Å². The van der Waals surface area contributed by atoms with Gasteiger partial charge in [0, 0.05) is 12.0 Å². The van der Waals surface area contributed by atoms with Gasteiger partial charge in [0.15, 0.2) is 0 Å². The maximum atomic E-state index is 11.3. The molecule has 0 amide bonds. The second-order valence-corrected chi connectivity index (χ2v) is 3.70. The zero-order valence-corrected chi connectivity index (χ0v) is 10.5. The van der Waals surface area contributed by atoms with Crippen LogP contribution < -0.4 is 4.74 Å². The Labute approximate surface area is 107 Å². The molecule has 94 valence electrons. The third kappa shape index (κ3) is 4.01. The van der Waals surface area contributed by atoms with Gasteiger partial charge in [0.1, 0.15) is 5.75 Å². The van der Waals surface area contributed by atoms with E-state index in [4.69, 9.17) is 10.1 Å². The summed E-state index contributed by atoms with van der Waals surface area (Å²) in [6, 6.07) is 6.86. The van der Waals surface area contributed by atoms with Crippen LogP contribution >= 0.6 is 0 Å². The van der Waals surface area contributed by atoms with Crippen molar-refractivity contribution in [1.82, 2.24) is 0 Å². The minimum Gasteiger partial charge on any atom is -0.493 e. The molecule has 0 saturated carbocycles.